The van der Waals surface area contributed by atoms with Crippen LogP contribution in [-0.2, 0) is 4.74 Å². The minimum absolute atomic E-state index is 0.202. The van der Waals surface area contributed by atoms with Crippen LogP contribution in [0.3, 0.4) is 0 Å². The summed E-state index contributed by atoms with van der Waals surface area (Å²) >= 11 is 0. The predicted octanol–water partition coefficient (Wildman–Crippen LogP) is 2.58. The molecule has 0 rings (SSSR count). The molecule has 0 aliphatic rings. The van der Waals surface area contributed by atoms with E-state index in [1.54, 1.807) is 6.08 Å². The van der Waals surface area contributed by atoms with Gasteiger partial charge in [-0.2, -0.15) is 0 Å². The molecule has 0 amide bonds. The van der Waals surface area contributed by atoms with E-state index in [4.69, 9.17) is 5.11 Å². The quantitative estimate of drug-likeness (QED) is 0.419. The minimum Gasteiger partial charge on any atom is -0.450 e. The molecule has 0 bridgehead atoms. The van der Waals surface area contributed by atoms with Crippen LogP contribution in [0, 0.1) is 0 Å². The molecule has 0 aliphatic heterocycles. The standard InChI is InChI=1S/C8H16O3Si/c1-5-7(12(2,3)4)6-11-8(9)10/h5,7H,1,6H2,2-4H3,(H,9,10). The molecule has 1 atom stereocenters. The molecule has 0 heterocycles. The van der Waals surface area contributed by atoms with Gasteiger partial charge in [-0.05, 0) is 0 Å². The Labute approximate surface area is 74.1 Å². The SMILES string of the molecule is C=CC(COC(=O)O)[Si](C)(C)C. The summed E-state index contributed by atoms with van der Waals surface area (Å²) in [5.74, 6) is 0. The third-order valence-electron chi connectivity index (χ3n) is 1.78. The van der Waals surface area contributed by atoms with E-state index in [1.807, 2.05) is 0 Å². The Balaban J connectivity index is 4.01. The first-order chi connectivity index (χ1) is 5.38. The molecule has 1 N–H and O–H groups in total. The van der Waals surface area contributed by atoms with Crippen molar-refractivity contribution in [2.24, 2.45) is 0 Å². The number of carbonyl (C=O) groups is 1. The fraction of sp³-hybridized carbons (Fsp3) is 0.625. The van der Waals surface area contributed by atoms with Gasteiger partial charge in [-0.15, -0.1) is 6.58 Å². The van der Waals surface area contributed by atoms with E-state index in [0.29, 0.717) is 0 Å². The van der Waals surface area contributed by atoms with Crippen molar-refractivity contribution < 1.29 is 14.6 Å². The maximum atomic E-state index is 10.1. The molecule has 3 nitrogen and oxygen atoms in total. The highest BCUT2D eigenvalue weighted by molar-refractivity contribution is 6.78. The highest BCUT2D eigenvalue weighted by Gasteiger charge is 2.24. The molecule has 70 valence electrons. The summed E-state index contributed by atoms with van der Waals surface area (Å²) in [7, 11) is -1.36. The van der Waals surface area contributed by atoms with Gasteiger partial charge in [0.05, 0.1) is 14.7 Å². The number of hydrogen-bond acceptors (Lipinski definition) is 2. The Bertz CT molecular complexity index is 172. The van der Waals surface area contributed by atoms with Crippen LogP contribution in [0.4, 0.5) is 4.79 Å². The van der Waals surface area contributed by atoms with E-state index >= 15 is 0 Å². The predicted molar refractivity (Wildman–Crippen MR) is 51.3 cm³/mol. The van der Waals surface area contributed by atoms with Crippen LogP contribution < -0.4 is 0 Å². The maximum absolute atomic E-state index is 10.1. The van der Waals surface area contributed by atoms with Crippen molar-refractivity contribution in [3.8, 4) is 0 Å². The van der Waals surface area contributed by atoms with Gasteiger partial charge in [0.25, 0.3) is 0 Å². The van der Waals surface area contributed by atoms with Crippen molar-refractivity contribution in [2.45, 2.75) is 25.2 Å². The molecule has 0 saturated carbocycles. The molecule has 0 aromatic heterocycles. The molecule has 0 radical (unpaired) electrons. The van der Waals surface area contributed by atoms with Crippen molar-refractivity contribution in [3.05, 3.63) is 12.7 Å². The molecule has 12 heavy (non-hydrogen) atoms. The lowest BCUT2D eigenvalue weighted by Crippen LogP contribution is -2.30. The van der Waals surface area contributed by atoms with Crippen molar-refractivity contribution in [2.75, 3.05) is 6.61 Å². The van der Waals surface area contributed by atoms with Crippen molar-refractivity contribution in [3.63, 3.8) is 0 Å². The number of ether oxygens (including phenoxy) is 1. The summed E-state index contributed by atoms with van der Waals surface area (Å²) in [6.07, 6.45) is 0.579. The molecule has 0 aliphatic carbocycles. The van der Waals surface area contributed by atoms with Crippen molar-refractivity contribution in [1.29, 1.82) is 0 Å². The van der Waals surface area contributed by atoms with Gasteiger partial charge in [-0.1, -0.05) is 25.7 Å². The Hall–Kier alpha value is -0.773. The third-order valence-corrected chi connectivity index (χ3v) is 4.41. The second-order valence-electron chi connectivity index (χ2n) is 3.79. The summed E-state index contributed by atoms with van der Waals surface area (Å²) in [6, 6.07) is 0. The van der Waals surface area contributed by atoms with Crippen LogP contribution in [0.5, 0.6) is 0 Å². The third kappa shape index (κ3) is 4.18. The van der Waals surface area contributed by atoms with E-state index in [9.17, 15) is 4.79 Å². The average molecular weight is 188 g/mol. The first-order valence-corrected chi connectivity index (χ1v) is 7.44. The van der Waals surface area contributed by atoms with Crippen LogP contribution in [0.25, 0.3) is 0 Å². The van der Waals surface area contributed by atoms with E-state index in [-0.39, 0.29) is 12.1 Å². The minimum atomic E-state index is -1.36. The monoisotopic (exact) mass is 188 g/mol. The lowest BCUT2D eigenvalue weighted by atomic mass is 10.4. The zero-order valence-corrected chi connectivity index (χ0v) is 8.83. The molecular weight excluding hydrogens is 172 g/mol. The Morgan fingerprint density at radius 1 is 1.67 bits per heavy atom. The molecule has 0 fully saturated rings. The topological polar surface area (TPSA) is 46.5 Å². The second kappa shape index (κ2) is 4.30. The summed E-state index contributed by atoms with van der Waals surface area (Å²) in [5.41, 5.74) is 0.202. The molecule has 1 unspecified atom stereocenters. The number of rotatable bonds is 4. The average Bonchev–Trinajstić information content (AvgIpc) is 1.85. The van der Waals surface area contributed by atoms with Gasteiger partial charge in [0.1, 0.15) is 0 Å². The molecule has 0 aromatic carbocycles. The summed E-state index contributed by atoms with van der Waals surface area (Å²) in [5, 5.41) is 8.28. The molecule has 4 heteroatoms. The molecule has 0 aromatic rings. The lowest BCUT2D eigenvalue weighted by Gasteiger charge is -2.24. The normalized spacial score (nSPS) is 13.6. The van der Waals surface area contributed by atoms with Gasteiger partial charge in [-0.25, -0.2) is 4.79 Å². The van der Waals surface area contributed by atoms with Gasteiger partial charge in [0.2, 0.25) is 0 Å². The Morgan fingerprint density at radius 2 is 2.17 bits per heavy atom. The smallest absolute Gasteiger partial charge is 0.450 e. The largest absolute Gasteiger partial charge is 0.505 e. The van der Waals surface area contributed by atoms with E-state index in [1.165, 1.54) is 0 Å². The van der Waals surface area contributed by atoms with Crippen molar-refractivity contribution in [1.82, 2.24) is 0 Å². The first-order valence-electron chi connectivity index (χ1n) is 3.86. The summed E-state index contributed by atoms with van der Waals surface area (Å²) in [4.78, 5) is 10.1. The zero-order valence-electron chi connectivity index (χ0n) is 7.83. The van der Waals surface area contributed by atoms with Gasteiger partial charge in [-0.3, -0.25) is 0 Å². The van der Waals surface area contributed by atoms with E-state index < -0.39 is 14.2 Å². The summed E-state index contributed by atoms with van der Waals surface area (Å²) < 4.78 is 4.50. The van der Waals surface area contributed by atoms with Crippen LogP contribution in [0.2, 0.25) is 25.2 Å². The van der Waals surface area contributed by atoms with Gasteiger partial charge in [0, 0.05) is 5.54 Å². The lowest BCUT2D eigenvalue weighted by molar-refractivity contribution is 0.0929. The van der Waals surface area contributed by atoms with Gasteiger partial charge < -0.3 is 9.84 Å². The second-order valence-corrected chi connectivity index (χ2v) is 9.26. The number of carboxylic acid groups (broad SMARTS) is 1. The van der Waals surface area contributed by atoms with Crippen molar-refractivity contribution >= 4 is 14.2 Å². The highest BCUT2D eigenvalue weighted by atomic mass is 28.3. The van der Waals surface area contributed by atoms with Crippen LogP contribution in [0.1, 0.15) is 0 Å². The van der Waals surface area contributed by atoms with E-state index in [0.717, 1.165) is 0 Å². The van der Waals surface area contributed by atoms with E-state index in [2.05, 4.69) is 31.0 Å². The fourth-order valence-corrected chi connectivity index (χ4v) is 2.12. The highest BCUT2D eigenvalue weighted by Crippen LogP contribution is 2.22. The molecule has 0 spiro atoms. The zero-order chi connectivity index (χ0) is 9.78. The fourth-order valence-electron chi connectivity index (χ4n) is 0.833. The summed E-state index contributed by atoms with van der Waals surface area (Å²) in [6.45, 7) is 10.4. The van der Waals surface area contributed by atoms with Gasteiger partial charge >= 0.3 is 6.16 Å². The Kier molecular flexibility index (Phi) is 4.02. The van der Waals surface area contributed by atoms with Crippen LogP contribution >= 0.6 is 0 Å². The van der Waals surface area contributed by atoms with Gasteiger partial charge in [0.15, 0.2) is 0 Å². The number of hydrogen-bond donors (Lipinski definition) is 1. The van der Waals surface area contributed by atoms with Crippen LogP contribution in [-0.4, -0.2) is 25.9 Å². The van der Waals surface area contributed by atoms with Crippen LogP contribution in [0.15, 0.2) is 12.7 Å². The first kappa shape index (κ1) is 11.2. The molecular formula is C8H16O3Si. The molecule has 0 saturated heterocycles. The Morgan fingerprint density at radius 3 is 2.42 bits per heavy atom. The maximum Gasteiger partial charge on any atom is 0.505 e.